The summed E-state index contributed by atoms with van der Waals surface area (Å²) in [6, 6.07) is -0.476. The maximum absolute atomic E-state index is 12.5. The van der Waals surface area contributed by atoms with Gasteiger partial charge in [-0.05, 0) is 41.5 Å². The first-order valence-corrected chi connectivity index (χ1v) is 9.18. The van der Waals surface area contributed by atoms with Crippen LogP contribution in [0.2, 0.25) is 0 Å². The van der Waals surface area contributed by atoms with Gasteiger partial charge < -0.3 is 15.4 Å². The number of nitrogens with one attached hydrogen (secondary N) is 1. The van der Waals surface area contributed by atoms with E-state index in [-0.39, 0.29) is 26.2 Å². The molecule has 1 fully saturated rings. The van der Waals surface area contributed by atoms with Crippen LogP contribution in [0.4, 0.5) is 4.79 Å². The SMILES string of the molecule is CC(C)(C)NS(=O)(=O)N1CCN(C(=O)OC(C)(C)C)CC1CN. The average Bonchev–Trinajstić information content (AvgIpc) is 2.33. The second-order valence-electron chi connectivity index (χ2n) is 7.78. The molecule has 1 atom stereocenters. The number of nitrogens with two attached hydrogens (primary N) is 1. The highest BCUT2D eigenvalue weighted by Crippen LogP contribution is 2.18. The van der Waals surface area contributed by atoms with Gasteiger partial charge in [-0.25, -0.2) is 4.79 Å². The van der Waals surface area contributed by atoms with Crippen molar-refractivity contribution in [1.82, 2.24) is 13.9 Å². The number of carbonyl (C=O) groups is 1. The summed E-state index contributed by atoms with van der Waals surface area (Å²) in [5.74, 6) is 0. The maximum atomic E-state index is 12.5. The molecule has 0 aliphatic carbocycles. The summed E-state index contributed by atoms with van der Waals surface area (Å²) in [5, 5.41) is 0. The first kappa shape index (κ1) is 20.1. The molecule has 1 rings (SSSR count). The van der Waals surface area contributed by atoms with Gasteiger partial charge in [0, 0.05) is 31.7 Å². The Morgan fingerprint density at radius 1 is 1.22 bits per heavy atom. The zero-order chi connectivity index (χ0) is 18.1. The zero-order valence-electron chi connectivity index (χ0n) is 14.9. The van der Waals surface area contributed by atoms with Gasteiger partial charge in [0.15, 0.2) is 0 Å². The zero-order valence-corrected chi connectivity index (χ0v) is 15.7. The minimum absolute atomic E-state index is 0.129. The van der Waals surface area contributed by atoms with E-state index >= 15 is 0 Å². The highest BCUT2D eigenvalue weighted by atomic mass is 32.2. The van der Waals surface area contributed by atoms with E-state index < -0.39 is 33.5 Å². The second-order valence-corrected chi connectivity index (χ2v) is 9.41. The van der Waals surface area contributed by atoms with Gasteiger partial charge in [0.1, 0.15) is 5.60 Å². The van der Waals surface area contributed by atoms with Crippen molar-refractivity contribution in [3.05, 3.63) is 0 Å². The monoisotopic (exact) mass is 350 g/mol. The summed E-state index contributed by atoms with van der Waals surface area (Å²) in [6.45, 7) is 11.5. The number of hydrogen-bond donors (Lipinski definition) is 2. The molecule has 0 saturated carbocycles. The number of hydrogen-bond acceptors (Lipinski definition) is 5. The Morgan fingerprint density at radius 3 is 2.22 bits per heavy atom. The van der Waals surface area contributed by atoms with Crippen LogP contribution < -0.4 is 10.5 Å². The Kier molecular flexibility index (Phi) is 6.06. The average molecular weight is 350 g/mol. The van der Waals surface area contributed by atoms with Gasteiger partial charge in [-0.3, -0.25) is 0 Å². The van der Waals surface area contributed by atoms with Crippen molar-refractivity contribution in [2.24, 2.45) is 5.73 Å². The minimum Gasteiger partial charge on any atom is -0.444 e. The van der Waals surface area contributed by atoms with E-state index in [2.05, 4.69) is 4.72 Å². The summed E-state index contributed by atoms with van der Waals surface area (Å²) in [5.41, 5.74) is 4.56. The van der Waals surface area contributed by atoms with Gasteiger partial charge in [0.25, 0.3) is 10.2 Å². The molecule has 0 radical (unpaired) electrons. The standard InChI is InChI=1S/C14H30N4O4S/c1-13(2,3)16-23(20,21)18-8-7-17(10-11(18)9-15)12(19)22-14(4,5)6/h11,16H,7-10,15H2,1-6H3. The molecule has 0 aromatic rings. The fraction of sp³-hybridized carbons (Fsp3) is 0.929. The van der Waals surface area contributed by atoms with Gasteiger partial charge in [-0.2, -0.15) is 17.4 Å². The molecule has 8 nitrogen and oxygen atoms in total. The van der Waals surface area contributed by atoms with Crippen molar-refractivity contribution < 1.29 is 17.9 Å². The quantitative estimate of drug-likeness (QED) is 0.771. The first-order chi connectivity index (χ1) is 10.2. The van der Waals surface area contributed by atoms with Crippen molar-refractivity contribution in [3.8, 4) is 0 Å². The van der Waals surface area contributed by atoms with E-state index in [0.717, 1.165) is 0 Å². The Labute approximate surface area is 139 Å². The lowest BCUT2D eigenvalue weighted by Gasteiger charge is -2.41. The van der Waals surface area contributed by atoms with Crippen LogP contribution in [0, 0.1) is 0 Å². The predicted molar refractivity (Wildman–Crippen MR) is 89.2 cm³/mol. The van der Waals surface area contributed by atoms with Crippen molar-refractivity contribution in [2.45, 2.75) is 58.7 Å². The molecule has 9 heteroatoms. The van der Waals surface area contributed by atoms with Crippen LogP contribution in [0.15, 0.2) is 0 Å². The van der Waals surface area contributed by atoms with Crippen LogP contribution in [0.1, 0.15) is 41.5 Å². The van der Waals surface area contributed by atoms with Crippen molar-refractivity contribution in [3.63, 3.8) is 0 Å². The molecule has 1 amide bonds. The molecular formula is C14H30N4O4S. The highest BCUT2D eigenvalue weighted by molar-refractivity contribution is 7.87. The van der Waals surface area contributed by atoms with E-state index in [1.54, 1.807) is 41.5 Å². The van der Waals surface area contributed by atoms with E-state index in [0.29, 0.717) is 0 Å². The molecule has 0 spiro atoms. The van der Waals surface area contributed by atoms with Gasteiger partial charge in [0.05, 0.1) is 6.04 Å². The lowest BCUT2D eigenvalue weighted by atomic mass is 10.1. The third-order valence-corrected chi connectivity index (χ3v) is 5.06. The number of nitrogens with zero attached hydrogens (tertiary/aromatic N) is 2. The molecule has 1 aliphatic rings. The van der Waals surface area contributed by atoms with Gasteiger partial charge >= 0.3 is 6.09 Å². The van der Waals surface area contributed by atoms with Gasteiger partial charge in [-0.15, -0.1) is 0 Å². The number of carbonyl (C=O) groups excluding carboxylic acids is 1. The van der Waals surface area contributed by atoms with Crippen LogP contribution in [0.3, 0.4) is 0 Å². The number of ether oxygens (including phenoxy) is 1. The van der Waals surface area contributed by atoms with Gasteiger partial charge in [-0.1, -0.05) is 0 Å². The summed E-state index contributed by atoms with van der Waals surface area (Å²) in [7, 11) is -3.66. The smallest absolute Gasteiger partial charge is 0.410 e. The maximum Gasteiger partial charge on any atom is 0.410 e. The molecule has 1 unspecified atom stereocenters. The molecule has 1 saturated heterocycles. The highest BCUT2D eigenvalue weighted by Gasteiger charge is 2.38. The summed E-state index contributed by atoms with van der Waals surface area (Å²) in [4.78, 5) is 13.6. The summed E-state index contributed by atoms with van der Waals surface area (Å²) in [6.07, 6.45) is -0.447. The summed E-state index contributed by atoms with van der Waals surface area (Å²) >= 11 is 0. The van der Waals surface area contributed by atoms with Crippen LogP contribution in [0.5, 0.6) is 0 Å². The molecule has 1 heterocycles. The topological polar surface area (TPSA) is 105 Å². The molecular weight excluding hydrogens is 320 g/mol. The lowest BCUT2D eigenvalue weighted by Crippen LogP contribution is -2.62. The van der Waals surface area contributed by atoms with E-state index in [9.17, 15) is 13.2 Å². The van der Waals surface area contributed by atoms with Crippen LogP contribution in [-0.2, 0) is 14.9 Å². The summed E-state index contributed by atoms with van der Waals surface area (Å²) < 4.78 is 34.3. The van der Waals surface area contributed by atoms with E-state index in [1.165, 1.54) is 9.21 Å². The lowest BCUT2D eigenvalue weighted by molar-refractivity contribution is 0.0136. The molecule has 23 heavy (non-hydrogen) atoms. The third kappa shape index (κ3) is 6.25. The normalized spacial score (nSPS) is 21.3. The molecule has 136 valence electrons. The predicted octanol–water partition coefficient (Wildman–Crippen LogP) is 0.499. The fourth-order valence-corrected chi connectivity index (χ4v) is 4.04. The van der Waals surface area contributed by atoms with Gasteiger partial charge in [0.2, 0.25) is 0 Å². The Balaban J connectivity index is 2.82. The number of amides is 1. The Bertz CT molecular complexity index is 522. The minimum atomic E-state index is -3.66. The fourth-order valence-electron chi connectivity index (χ4n) is 2.28. The van der Waals surface area contributed by atoms with E-state index in [1.807, 2.05) is 0 Å². The molecule has 1 aliphatic heterocycles. The number of rotatable bonds is 3. The molecule has 0 bridgehead atoms. The first-order valence-electron chi connectivity index (χ1n) is 7.74. The van der Waals surface area contributed by atoms with Crippen LogP contribution >= 0.6 is 0 Å². The van der Waals surface area contributed by atoms with Crippen molar-refractivity contribution in [1.29, 1.82) is 0 Å². The van der Waals surface area contributed by atoms with E-state index in [4.69, 9.17) is 10.5 Å². The van der Waals surface area contributed by atoms with Crippen LogP contribution in [0.25, 0.3) is 0 Å². The molecule has 3 N–H and O–H groups in total. The largest absolute Gasteiger partial charge is 0.444 e. The van der Waals surface area contributed by atoms with Crippen LogP contribution in [-0.4, -0.2) is 67.1 Å². The Morgan fingerprint density at radius 2 is 1.78 bits per heavy atom. The number of piperazine rings is 1. The van der Waals surface area contributed by atoms with Crippen molar-refractivity contribution in [2.75, 3.05) is 26.2 Å². The molecule has 0 aromatic heterocycles. The third-order valence-electron chi connectivity index (χ3n) is 3.10. The molecule has 0 aromatic carbocycles. The van der Waals surface area contributed by atoms with Crippen molar-refractivity contribution >= 4 is 16.3 Å². The second kappa shape index (κ2) is 6.92. The Hall–Kier alpha value is -0.900.